The molecule has 0 unspecified atom stereocenters. The topological polar surface area (TPSA) is 60.2 Å². The molecule has 1 atom stereocenters. The zero-order valence-corrected chi connectivity index (χ0v) is 14.5. The van der Waals surface area contributed by atoms with Gasteiger partial charge in [-0.3, -0.25) is 4.79 Å². The van der Waals surface area contributed by atoms with Gasteiger partial charge in [0.05, 0.1) is 23.1 Å². The van der Waals surface area contributed by atoms with E-state index in [9.17, 15) is 10.1 Å². The molecular weight excluding hydrogens is 324 g/mol. The van der Waals surface area contributed by atoms with Crippen molar-refractivity contribution in [1.29, 1.82) is 5.26 Å². The number of halogens is 1. The van der Waals surface area contributed by atoms with Gasteiger partial charge >= 0.3 is 0 Å². The summed E-state index contributed by atoms with van der Waals surface area (Å²) in [4.78, 5) is 20.7. The highest BCUT2D eigenvalue weighted by molar-refractivity contribution is 6.31. The number of anilines is 1. The Labute approximate surface area is 146 Å². The lowest BCUT2D eigenvalue weighted by Gasteiger charge is -2.34. The Bertz CT molecular complexity index is 828. The molecule has 24 heavy (non-hydrogen) atoms. The minimum Gasteiger partial charge on any atom is -0.356 e. The summed E-state index contributed by atoms with van der Waals surface area (Å²) in [6, 6.07) is 9.39. The van der Waals surface area contributed by atoms with Crippen LogP contribution in [0.25, 0.3) is 10.9 Å². The fraction of sp³-hybridized carbons (Fsp3) is 0.389. The van der Waals surface area contributed by atoms with Crippen molar-refractivity contribution < 1.29 is 4.79 Å². The van der Waals surface area contributed by atoms with Crippen LogP contribution in [0, 0.1) is 17.2 Å². The zero-order valence-electron chi connectivity index (χ0n) is 13.8. The number of nitrogens with zero attached hydrogens (tertiary/aromatic N) is 4. The van der Waals surface area contributed by atoms with E-state index in [1.807, 2.05) is 6.07 Å². The number of carbonyl (C=O) groups excluding carboxylic acids is 1. The van der Waals surface area contributed by atoms with E-state index < -0.39 is 0 Å². The number of pyridine rings is 1. The van der Waals surface area contributed by atoms with E-state index in [0.29, 0.717) is 17.1 Å². The van der Waals surface area contributed by atoms with E-state index in [2.05, 4.69) is 16.0 Å². The number of hydrogen-bond donors (Lipinski definition) is 0. The number of amides is 1. The molecule has 1 aromatic carbocycles. The number of rotatable bonds is 2. The molecule has 2 heterocycles. The molecular formula is C18H19ClN4O. The maximum absolute atomic E-state index is 12.3. The molecule has 1 saturated heterocycles. The maximum atomic E-state index is 12.3. The summed E-state index contributed by atoms with van der Waals surface area (Å²) in [5.41, 5.74) is 1.30. The molecule has 1 aliphatic heterocycles. The lowest BCUT2D eigenvalue weighted by molar-refractivity contribution is -0.133. The van der Waals surface area contributed by atoms with Gasteiger partial charge in [-0.15, -0.1) is 0 Å². The molecule has 1 aromatic heterocycles. The second kappa shape index (κ2) is 6.66. The molecule has 6 heteroatoms. The normalized spacial score (nSPS) is 17.6. The van der Waals surface area contributed by atoms with E-state index in [4.69, 9.17) is 11.6 Å². The fourth-order valence-corrected chi connectivity index (χ4v) is 3.36. The van der Waals surface area contributed by atoms with E-state index >= 15 is 0 Å². The summed E-state index contributed by atoms with van der Waals surface area (Å²) in [6.07, 6.45) is 1.83. The number of hydrogen-bond acceptors (Lipinski definition) is 4. The Hall–Kier alpha value is -2.32. The Kier molecular flexibility index (Phi) is 4.59. The van der Waals surface area contributed by atoms with E-state index in [1.165, 1.54) is 0 Å². The van der Waals surface area contributed by atoms with Gasteiger partial charge in [0.1, 0.15) is 5.82 Å². The Morgan fingerprint density at radius 1 is 1.42 bits per heavy atom. The first-order chi connectivity index (χ1) is 11.5. The van der Waals surface area contributed by atoms with Crippen molar-refractivity contribution in [3.05, 3.63) is 34.9 Å². The Morgan fingerprint density at radius 2 is 2.21 bits per heavy atom. The molecule has 0 spiro atoms. The molecule has 0 saturated carbocycles. The third-order valence-electron chi connectivity index (χ3n) is 4.41. The van der Waals surface area contributed by atoms with E-state index in [-0.39, 0.29) is 11.8 Å². The van der Waals surface area contributed by atoms with Crippen LogP contribution in [0.5, 0.6) is 0 Å². The SMILES string of the molecule is CN(C)C(=O)[C@H]1CCCN(c2cc(C#N)c3cc(Cl)ccc3n2)C1. The number of fused-ring (bicyclic) bond motifs is 1. The molecule has 1 aliphatic rings. The maximum Gasteiger partial charge on any atom is 0.226 e. The van der Waals surface area contributed by atoms with Gasteiger partial charge < -0.3 is 9.80 Å². The van der Waals surface area contributed by atoms with Gasteiger partial charge in [-0.1, -0.05) is 11.6 Å². The van der Waals surface area contributed by atoms with Crippen molar-refractivity contribution in [2.45, 2.75) is 12.8 Å². The van der Waals surface area contributed by atoms with Gasteiger partial charge in [-0.05, 0) is 37.1 Å². The van der Waals surface area contributed by atoms with Crippen LogP contribution in [0.3, 0.4) is 0 Å². The molecule has 5 nitrogen and oxygen atoms in total. The number of aromatic nitrogens is 1. The van der Waals surface area contributed by atoms with E-state index in [0.717, 1.165) is 36.1 Å². The molecule has 3 rings (SSSR count). The summed E-state index contributed by atoms with van der Waals surface area (Å²) < 4.78 is 0. The predicted octanol–water partition coefficient (Wildman–Crippen LogP) is 3.06. The van der Waals surface area contributed by atoms with Crippen molar-refractivity contribution in [3.8, 4) is 6.07 Å². The van der Waals surface area contributed by atoms with Crippen molar-refractivity contribution in [2.75, 3.05) is 32.1 Å². The monoisotopic (exact) mass is 342 g/mol. The molecule has 0 N–H and O–H groups in total. The zero-order chi connectivity index (χ0) is 17.3. The van der Waals surface area contributed by atoms with Crippen LogP contribution >= 0.6 is 11.6 Å². The average Bonchev–Trinajstić information content (AvgIpc) is 2.60. The smallest absolute Gasteiger partial charge is 0.226 e. The summed E-state index contributed by atoms with van der Waals surface area (Å²) in [6.45, 7) is 1.47. The highest BCUT2D eigenvalue weighted by Crippen LogP contribution is 2.28. The van der Waals surface area contributed by atoms with Crippen molar-refractivity contribution in [1.82, 2.24) is 9.88 Å². The number of piperidine rings is 1. The van der Waals surface area contributed by atoms with Gasteiger partial charge in [-0.2, -0.15) is 5.26 Å². The van der Waals surface area contributed by atoms with Gasteiger partial charge in [0.25, 0.3) is 0 Å². The Morgan fingerprint density at radius 3 is 2.92 bits per heavy atom. The molecule has 1 amide bonds. The molecule has 0 bridgehead atoms. The third-order valence-corrected chi connectivity index (χ3v) is 4.65. The summed E-state index contributed by atoms with van der Waals surface area (Å²) in [5.74, 6) is 0.868. The molecule has 1 fully saturated rings. The fourth-order valence-electron chi connectivity index (χ4n) is 3.19. The summed E-state index contributed by atoms with van der Waals surface area (Å²) >= 11 is 6.03. The quantitative estimate of drug-likeness (QED) is 0.841. The Balaban J connectivity index is 1.96. The van der Waals surface area contributed by atoms with Gasteiger partial charge in [0, 0.05) is 37.6 Å². The largest absolute Gasteiger partial charge is 0.356 e. The second-order valence-corrected chi connectivity index (χ2v) is 6.76. The lowest BCUT2D eigenvalue weighted by Crippen LogP contribution is -2.43. The van der Waals surface area contributed by atoms with Crippen LogP contribution in [-0.2, 0) is 4.79 Å². The van der Waals surface area contributed by atoms with Crippen LogP contribution in [0.1, 0.15) is 18.4 Å². The van der Waals surface area contributed by atoms with E-state index in [1.54, 1.807) is 37.2 Å². The number of carbonyl (C=O) groups is 1. The van der Waals surface area contributed by atoms with Crippen molar-refractivity contribution in [2.24, 2.45) is 5.92 Å². The average molecular weight is 343 g/mol. The van der Waals surface area contributed by atoms with Crippen LogP contribution in [0.4, 0.5) is 5.82 Å². The molecule has 2 aromatic rings. The first-order valence-corrected chi connectivity index (χ1v) is 8.34. The van der Waals surface area contributed by atoms with Crippen LogP contribution in [0.2, 0.25) is 5.02 Å². The molecule has 0 radical (unpaired) electrons. The van der Waals surface area contributed by atoms with Crippen LogP contribution in [0.15, 0.2) is 24.3 Å². The summed E-state index contributed by atoms with van der Waals surface area (Å²) in [5, 5.41) is 10.8. The molecule has 0 aliphatic carbocycles. The van der Waals surface area contributed by atoms with Gasteiger partial charge in [-0.25, -0.2) is 4.98 Å². The first-order valence-electron chi connectivity index (χ1n) is 7.96. The number of benzene rings is 1. The minimum absolute atomic E-state index is 0.0259. The number of nitriles is 1. The molecule has 124 valence electrons. The predicted molar refractivity (Wildman–Crippen MR) is 95.1 cm³/mol. The minimum atomic E-state index is -0.0259. The van der Waals surface area contributed by atoms with Crippen LogP contribution < -0.4 is 4.90 Å². The highest BCUT2D eigenvalue weighted by Gasteiger charge is 2.28. The van der Waals surface area contributed by atoms with Crippen molar-refractivity contribution >= 4 is 34.2 Å². The van der Waals surface area contributed by atoms with Gasteiger partial charge in [0.15, 0.2) is 0 Å². The highest BCUT2D eigenvalue weighted by atomic mass is 35.5. The second-order valence-electron chi connectivity index (χ2n) is 6.32. The third kappa shape index (κ3) is 3.15. The summed E-state index contributed by atoms with van der Waals surface area (Å²) in [7, 11) is 3.57. The van der Waals surface area contributed by atoms with Gasteiger partial charge in [0.2, 0.25) is 5.91 Å². The first kappa shape index (κ1) is 16.5. The lowest BCUT2D eigenvalue weighted by atomic mass is 9.96. The standard InChI is InChI=1S/C18H19ClN4O/c1-22(2)18(24)12-4-3-7-23(11-12)17-8-13(10-20)15-9-14(19)5-6-16(15)21-17/h5-6,8-9,12H,3-4,7,11H2,1-2H3/t12-/m0/s1. The van der Waals surface area contributed by atoms with Crippen molar-refractivity contribution in [3.63, 3.8) is 0 Å². The van der Waals surface area contributed by atoms with Crippen LogP contribution in [-0.4, -0.2) is 43.0 Å².